The molecule has 30 heavy (non-hydrogen) atoms. The Hall–Kier alpha value is -3.55. The first-order valence-electron chi connectivity index (χ1n) is 9.98. The van der Waals surface area contributed by atoms with Crippen molar-refractivity contribution in [1.82, 2.24) is 20.3 Å². The number of amides is 3. The number of rotatable bonds is 5. The van der Waals surface area contributed by atoms with E-state index in [0.717, 1.165) is 16.5 Å². The first kappa shape index (κ1) is 19.8. The second-order valence-corrected chi connectivity index (χ2v) is 7.17. The molecule has 2 heterocycles. The van der Waals surface area contributed by atoms with Gasteiger partial charge in [-0.3, -0.25) is 4.79 Å². The molecule has 0 spiro atoms. The Bertz CT molecular complexity index is 1040. The number of piperazine rings is 1. The maximum atomic E-state index is 12.4. The molecule has 0 bridgehead atoms. The molecule has 0 radical (unpaired) electrons. The van der Waals surface area contributed by atoms with Crippen LogP contribution in [0.1, 0.15) is 16.2 Å². The minimum Gasteiger partial charge on any atom is -0.491 e. The second kappa shape index (κ2) is 8.86. The number of hydrogen-bond acceptors (Lipinski definition) is 5. The van der Waals surface area contributed by atoms with Gasteiger partial charge in [-0.25, -0.2) is 4.79 Å². The van der Waals surface area contributed by atoms with Crippen LogP contribution in [0.5, 0.6) is 5.75 Å². The molecule has 8 heteroatoms. The fraction of sp³-hybridized carbons (Fsp3) is 0.318. The molecule has 1 aliphatic heterocycles. The summed E-state index contributed by atoms with van der Waals surface area (Å²) < 4.78 is 10.9. The van der Waals surface area contributed by atoms with Gasteiger partial charge in [-0.15, -0.1) is 0 Å². The van der Waals surface area contributed by atoms with Crippen molar-refractivity contribution in [3.05, 3.63) is 60.0 Å². The van der Waals surface area contributed by atoms with Crippen LogP contribution in [-0.2, 0) is 0 Å². The average molecular weight is 408 g/mol. The Kier molecular flexibility index (Phi) is 5.83. The van der Waals surface area contributed by atoms with Gasteiger partial charge in [0, 0.05) is 37.6 Å². The fourth-order valence-corrected chi connectivity index (χ4v) is 3.49. The molecule has 3 amide bonds. The highest BCUT2D eigenvalue weighted by Crippen LogP contribution is 2.24. The number of hydrogen-bond donors (Lipinski definition) is 1. The number of nitrogens with zero attached hydrogens (tertiary/aromatic N) is 3. The number of benzene rings is 2. The Morgan fingerprint density at radius 2 is 1.80 bits per heavy atom. The van der Waals surface area contributed by atoms with Gasteiger partial charge in [0.2, 0.25) is 5.76 Å². The minimum atomic E-state index is -0.195. The van der Waals surface area contributed by atoms with E-state index in [-0.39, 0.29) is 17.7 Å². The molecule has 0 unspecified atom stereocenters. The summed E-state index contributed by atoms with van der Waals surface area (Å²) >= 11 is 0. The predicted molar refractivity (Wildman–Crippen MR) is 112 cm³/mol. The lowest BCUT2D eigenvalue weighted by atomic mass is 10.1. The van der Waals surface area contributed by atoms with Gasteiger partial charge >= 0.3 is 6.03 Å². The van der Waals surface area contributed by atoms with Gasteiger partial charge in [0.25, 0.3) is 5.91 Å². The Balaban J connectivity index is 1.21. The molecule has 1 aliphatic rings. The summed E-state index contributed by atoms with van der Waals surface area (Å²) in [7, 11) is 0. The summed E-state index contributed by atoms with van der Waals surface area (Å²) in [5, 5.41) is 8.79. The fourth-order valence-electron chi connectivity index (χ4n) is 3.49. The van der Waals surface area contributed by atoms with Crippen molar-refractivity contribution in [2.75, 3.05) is 39.3 Å². The molecule has 156 valence electrons. The lowest BCUT2D eigenvalue weighted by Gasteiger charge is -2.34. The van der Waals surface area contributed by atoms with Crippen LogP contribution < -0.4 is 10.1 Å². The number of aryl methyl sites for hydroxylation is 1. The summed E-state index contributed by atoms with van der Waals surface area (Å²) in [6.45, 7) is 4.40. The van der Waals surface area contributed by atoms with Gasteiger partial charge in [-0.05, 0) is 18.4 Å². The number of aromatic nitrogens is 1. The third-order valence-corrected chi connectivity index (χ3v) is 5.08. The minimum absolute atomic E-state index is 0.154. The molecule has 8 nitrogen and oxygen atoms in total. The second-order valence-electron chi connectivity index (χ2n) is 7.17. The van der Waals surface area contributed by atoms with Gasteiger partial charge < -0.3 is 24.4 Å². The summed E-state index contributed by atoms with van der Waals surface area (Å²) in [6.07, 6.45) is 0. The third-order valence-electron chi connectivity index (χ3n) is 5.08. The summed E-state index contributed by atoms with van der Waals surface area (Å²) in [5.74, 6) is 0.840. The van der Waals surface area contributed by atoms with E-state index < -0.39 is 0 Å². The first-order chi connectivity index (χ1) is 14.6. The van der Waals surface area contributed by atoms with Crippen molar-refractivity contribution in [2.24, 2.45) is 0 Å². The van der Waals surface area contributed by atoms with Gasteiger partial charge in [-0.1, -0.05) is 41.6 Å². The maximum absolute atomic E-state index is 12.4. The number of carbonyl (C=O) groups is 2. The predicted octanol–water partition coefficient (Wildman–Crippen LogP) is 2.68. The van der Waals surface area contributed by atoms with Gasteiger partial charge in [-0.2, -0.15) is 0 Å². The molecule has 4 rings (SSSR count). The highest BCUT2D eigenvalue weighted by atomic mass is 16.5. The van der Waals surface area contributed by atoms with E-state index in [1.54, 1.807) is 22.8 Å². The van der Waals surface area contributed by atoms with Crippen LogP contribution in [0.25, 0.3) is 10.8 Å². The zero-order chi connectivity index (χ0) is 20.9. The van der Waals surface area contributed by atoms with E-state index in [1.165, 1.54) is 0 Å². The van der Waals surface area contributed by atoms with Gasteiger partial charge in [0.1, 0.15) is 12.4 Å². The summed E-state index contributed by atoms with van der Waals surface area (Å²) in [5.41, 5.74) is 0.669. The van der Waals surface area contributed by atoms with E-state index >= 15 is 0 Å². The van der Waals surface area contributed by atoms with E-state index in [0.29, 0.717) is 45.0 Å². The zero-order valence-electron chi connectivity index (χ0n) is 16.8. The van der Waals surface area contributed by atoms with Crippen LogP contribution in [0.4, 0.5) is 4.79 Å². The number of fused-ring (bicyclic) bond motifs is 1. The number of nitrogens with one attached hydrogen (secondary N) is 1. The van der Waals surface area contributed by atoms with E-state index in [1.807, 2.05) is 42.5 Å². The van der Waals surface area contributed by atoms with E-state index in [4.69, 9.17) is 9.26 Å². The van der Waals surface area contributed by atoms with Crippen molar-refractivity contribution in [3.63, 3.8) is 0 Å². The molecular weight excluding hydrogens is 384 g/mol. The monoisotopic (exact) mass is 408 g/mol. The quantitative estimate of drug-likeness (QED) is 0.656. The first-order valence-corrected chi connectivity index (χ1v) is 9.98. The largest absolute Gasteiger partial charge is 0.491 e. The van der Waals surface area contributed by atoms with E-state index in [2.05, 4.69) is 10.5 Å². The van der Waals surface area contributed by atoms with Crippen molar-refractivity contribution in [3.8, 4) is 5.75 Å². The van der Waals surface area contributed by atoms with Crippen LogP contribution in [0.3, 0.4) is 0 Å². The lowest BCUT2D eigenvalue weighted by molar-refractivity contribution is 0.0624. The average Bonchev–Trinajstić information content (AvgIpc) is 3.22. The summed E-state index contributed by atoms with van der Waals surface area (Å²) in [4.78, 5) is 28.2. The van der Waals surface area contributed by atoms with Crippen LogP contribution in [0, 0.1) is 6.92 Å². The molecular formula is C22H24N4O4. The van der Waals surface area contributed by atoms with Crippen molar-refractivity contribution in [1.29, 1.82) is 0 Å². The Morgan fingerprint density at radius 3 is 2.57 bits per heavy atom. The molecule has 1 aromatic heterocycles. The molecule has 1 saturated heterocycles. The number of urea groups is 1. The summed E-state index contributed by atoms with van der Waals surface area (Å²) in [6, 6.07) is 15.4. The van der Waals surface area contributed by atoms with Gasteiger partial charge in [0.15, 0.2) is 0 Å². The molecule has 1 N–H and O–H groups in total. The SMILES string of the molecule is Cc1cc(C(=O)N2CCN(C(=O)NCCOc3cccc4ccccc34)CC2)on1. The zero-order valence-corrected chi connectivity index (χ0v) is 16.8. The van der Waals surface area contributed by atoms with E-state index in [9.17, 15) is 9.59 Å². The highest BCUT2D eigenvalue weighted by molar-refractivity contribution is 5.91. The van der Waals surface area contributed by atoms with Crippen LogP contribution >= 0.6 is 0 Å². The highest BCUT2D eigenvalue weighted by Gasteiger charge is 2.26. The standard InChI is InChI=1S/C22H24N4O4/c1-16-15-20(30-24-16)21(27)25-10-12-26(13-11-25)22(28)23-9-14-29-19-8-4-6-17-5-2-3-7-18(17)19/h2-8,15H,9-14H2,1H3,(H,23,28). The molecule has 3 aromatic rings. The lowest BCUT2D eigenvalue weighted by Crippen LogP contribution is -2.53. The van der Waals surface area contributed by atoms with Crippen LogP contribution in [-0.4, -0.2) is 66.2 Å². The third kappa shape index (κ3) is 4.37. The smallest absolute Gasteiger partial charge is 0.317 e. The maximum Gasteiger partial charge on any atom is 0.317 e. The molecule has 0 aliphatic carbocycles. The number of carbonyl (C=O) groups excluding carboxylic acids is 2. The topological polar surface area (TPSA) is 87.9 Å². The van der Waals surface area contributed by atoms with Crippen molar-refractivity contribution in [2.45, 2.75) is 6.92 Å². The molecule has 2 aromatic carbocycles. The number of ether oxygens (including phenoxy) is 1. The normalized spacial score (nSPS) is 14.0. The molecule has 0 saturated carbocycles. The van der Waals surface area contributed by atoms with Crippen LogP contribution in [0.15, 0.2) is 53.1 Å². The molecule has 1 fully saturated rings. The van der Waals surface area contributed by atoms with Crippen molar-refractivity contribution < 1.29 is 18.8 Å². The van der Waals surface area contributed by atoms with Crippen LogP contribution in [0.2, 0.25) is 0 Å². The van der Waals surface area contributed by atoms with Gasteiger partial charge in [0.05, 0.1) is 12.2 Å². The van der Waals surface area contributed by atoms with Crippen molar-refractivity contribution >= 4 is 22.7 Å². The Labute approximate surface area is 174 Å². The molecule has 0 atom stereocenters. The Morgan fingerprint density at radius 1 is 1.07 bits per heavy atom.